The van der Waals surface area contributed by atoms with Gasteiger partial charge in [0, 0.05) is 17.1 Å². The zero-order chi connectivity index (χ0) is 18.0. The highest BCUT2D eigenvalue weighted by Gasteiger charge is 2.20. The Morgan fingerprint density at radius 2 is 1.88 bits per heavy atom. The molecule has 0 aliphatic rings. The summed E-state index contributed by atoms with van der Waals surface area (Å²) in [7, 11) is 1.68. The van der Waals surface area contributed by atoms with E-state index in [1.807, 2.05) is 6.07 Å². The van der Waals surface area contributed by atoms with Crippen LogP contribution < -0.4 is 4.74 Å². The number of nitrogens with zero attached hydrogens (tertiary/aromatic N) is 1. The molecular formula is C19H17F2NO2S. The van der Waals surface area contributed by atoms with E-state index in [0.29, 0.717) is 28.1 Å². The third-order valence-electron chi connectivity index (χ3n) is 3.95. The second-order valence-corrected chi connectivity index (χ2v) is 6.75. The van der Waals surface area contributed by atoms with E-state index in [4.69, 9.17) is 4.74 Å². The van der Waals surface area contributed by atoms with Crippen molar-refractivity contribution < 1.29 is 18.3 Å². The highest BCUT2D eigenvalue weighted by molar-refractivity contribution is 7.21. The van der Waals surface area contributed by atoms with E-state index in [1.54, 1.807) is 24.9 Å². The van der Waals surface area contributed by atoms with Crippen molar-refractivity contribution in [1.82, 2.24) is 4.90 Å². The molecule has 0 atom stereocenters. The van der Waals surface area contributed by atoms with Crippen LogP contribution in [0.1, 0.15) is 15.2 Å². The molecule has 1 aromatic heterocycles. The lowest BCUT2D eigenvalue weighted by atomic mass is 10.1. The number of amides is 1. The third-order valence-corrected chi connectivity index (χ3v) is 5.20. The Bertz CT molecular complexity index is 906. The Labute approximate surface area is 148 Å². The number of ether oxygens (including phenoxy) is 1. The van der Waals surface area contributed by atoms with Gasteiger partial charge in [-0.25, -0.2) is 8.78 Å². The van der Waals surface area contributed by atoms with Crippen LogP contribution in [-0.2, 0) is 0 Å². The van der Waals surface area contributed by atoms with Crippen molar-refractivity contribution in [2.24, 2.45) is 0 Å². The molecular weight excluding hydrogens is 344 g/mol. The van der Waals surface area contributed by atoms with Crippen molar-refractivity contribution in [2.45, 2.75) is 6.92 Å². The maximum absolute atomic E-state index is 14.0. The van der Waals surface area contributed by atoms with Gasteiger partial charge in [-0.05, 0) is 48.9 Å². The van der Waals surface area contributed by atoms with Gasteiger partial charge in [0.2, 0.25) is 0 Å². The quantitative estimate of drug-likeness (QED) is 0.663. The van der Waals surface area contributed by atoms with E-state index < -0.39 is 0 Å². The molecule has 3 aromatic rings. The van der Waals surface area contributed by atoms with Crippen LogP contribution in [0, 0.1) is 18.6 Å². The normalized spacial score (nSPS) is 10.9. The van der Waals surface area contributed by atoms with Crippen molar-refractivity contribution in [1.29, 1.82) is 0 Å². The van der Waals surface area contributed by atoms with E-state index in [9.17, 15) is 13.6 Å². The minimum Gasteiger partial charge on any atom is -0.492 e. The van der Waals surface area contributed by atoms with Gasteiger partial charge in [0.05, 0.1) is 11.4 Å². The first kappa shape index (κ1) is 17.4. The summed E-state index contributed by atoms with van der Waals surface area (Å²) in [5, 5.41) is 0.506. The predicted octanol–water partition coefficient (Wildman–Crippen LogP) is 4.64. The van der Waals surface area contributed by atoms with Gasteiger partial charge in [-0.3, -0.25) is 4.79 Å². The average molecular weight is 361 g/mol. The molecule has 0 saturated heterocycles. The molecule has 0 bridgehead atoms. The number of hydrogen-bond donors (Lipinski definition) is 0. The lowest BCUT2D eigenvalue weighted by Crippen LogP contribution is -2.30. The summed E-state index contributed by atoms with van der Waals surface area (Å²) in [5.41, 5.74) is 0.661. The number of rotatable bonds is 5. The molecule has 0 saturated carbocycles. The number of likely N-dealkylation sites (N-methyl/N-ethyl adjacent to an activating group) is 1. The Morgan fingerprint density at radius 3 is 2.56 bits per heavy atom. The Hall–Kier alpha value is -2.47. The van der Waals surface area contributed by atoms with Crippen LogP contribution in [0.4, 0.5) is 8.78 Å². The van der Waals surface area contributed by atoms with Crippen LogP contribution in [0.3, 0.4) is 0 Å². The van der Waals surface area contributed by atoms with Gasteiger partial charge in [-0.1, -0.05) is 6.07 Å². The number of fused-ring (bicyclic) bond motifs is 1. The smallest absolute Gasteiger partial charge is 0.264 e. The van der Waals surface area contributed by atoms with Gasteiger partial charge in [0.15, 0.2) is 0 Å². The van der Waals surface area contributed by atoms with E-state index >= 15 is 0 Å². The predicted molar refractivity (Wildman–Crippen MR) is 95.4 cm³/mol. The summed E-state index contributed by atoms with van der Waals surface area (Å²) in [4.78, 5) is 14.7. The van der Waals surface area contributed by atoms with Gasteiger partial charge in [-0.2, -0.15) is 0 Å². The van der Waals surface area contributed by atoms with Crippen molar-refractivity contribution in [2.75, 3.05) is 20.2 Å². The lowest BCUT2D eigenvalue weighted by molar-refractivity contribution is 0.0778. The van der Waals surface area contributed by atoms with E-state index in [1.165, 1.54) is 41.7 Å². The summed E-state index contributed by atoms with van der Waals surface area (Å²) < 4.78 is 33.1. The minimum absolute atomic E-state index is 0.166. The molecule has 3 nitrogen and oxygen atoms in total. The van der Waals surface area contributed by atoms with Gasteiger partial charge >= 0.3 is 0 Å². The second-order valence-electron chi connectivity index (χ2n) is 5.70. The largest absolute Gasteiger partial charge is 0.492 e. The van der Waals surface area contributed by atoms with Crippen LogP contribution in [-0.4, -0.2) is 31.0 Å². The molecule has 0 unspecified atom stereocenters. The molecule has 130 valence electrons. The standard InChI is InChI=1S/C19H17F2NO2S/c1-12-17-15(21)4-3-5-16(17)25-18(12)19(23)22(2)10-11-24-14-8-6-13(20)7-9-14/h3-9H,10-11H2,1-2H3. The molecule has 0 fully saturated rings. The van der Waals surface area contributed by atoms with E-state index in [-0.39, 0.29) is 24.1 Å². The number of carbonyl (C=O) groups excluding carboxylic acids is 1. The SMILES string of the molecule is Cc1c(C(=O)N(C)CCOc2ccc(F)cc2)sc2cccc(F)c12. The summed E-state index contributed by atoms with van der Waals surface area (Å²) in [6.45, 7) is 2.41. The number of carbonyl (C=O) groups is 1. The Balaban J connectivity index is 1.67. The zero-order valence-corrected chi connectivity index (χ0v) is 14.7. The first-order valence-corrected chi connectivity index (χ1v) is 8.60. The maximum atomic E-state index is 14.0. The molecule has 0 N–H and O–H groups in total. The van der Waals surface area contributed by atoms with Crippen molar-refractivity contribution >= 4 is 27.3 Å². The Kier molecular flexibility index (Phi) is 4.99. The molecule has 3 rings (SSSR count). The van der Waals surface area contributed by atoms with E-state index in [2.05, 4.69) is 0 Å². The summed E-state index contributed by atoms with van der Waals surface area (Å²) in [6, 6.07) is 10.6. The number of halogens is 2. The molecule has 1 amide bonds. The van der Waals surface area contributed by atoms with Crippen LogP contribution >= 0.6 is 11.3 Å². The number of aryl methyl sites for hydroxylation is 1. The van der Waals surface area contributed by atoms with Crippen LogP contribution in [0.2, 0.25) is 0 Å². The van der Waals surface area contributed by atoms with Crippen LogP contribution in [0.25, 0.3) is 10.1 Å². The molecule has 0 aliphatic heterocycles. The highest BCUT2D eigenvalue weighted by atomic mass is 32.1. The molecule has 1 heterocycles. The fourth-order valence-electron chi connectivity index (χ4n) is 2.56. The topological polar surface area (TPSA) is 29.5 Å². The monoisotopic (exact) mass is 361 g/mol. The molecule has 2 aromatic carbocycles. The first-order chi connectivity index (χ1) is 12.0. The van der Waals surface area contributed by atoms with Gasteiger partial charge < -0.3 is 9.64 Å². The summed E-state index contributed by atoms with van der Waals surface area (Å²) in [6.07, 6.45) is 0. The van der Waals surface area contributed by atoms with E-state index in [0.717, 1.165) is 4.70 Å². The second kappa shape index (κ2) is 7.19. The molecule has 0 aliphatic carbocycles. The molecule has 0 spiro atoms. The molecule has 25 heavy (non-hydrogen) atoms. The van der Waals surface area contributed by atoms with Crippen molar-refractivity contribution in [3.63, 3.8) is 0 Å². The Morgan fingerprint density at radius 1 is 1.16 bits per heavy atom. The maximum Gasteiger partial charge on any atom is 0.264 e. The van der Waals surface area contributed by atoms with Gasteiger partial charge in [0.25, 0.3) is 5.91 Å². The summed E-state index contributed by atoms with van der Waals surface area (Å²) >= 11 is 1.29. The lowest BCUT2D eigenvalue weighted by Gasteiger charge is -2.17. The zero-order valence-electron chi connectivity index (χ0n) is 13.9. The molecule has 0 radical (unpaired) electrons. The number of hydrogen-bond acceptors (Lipinski definition) is 3. The minimum atomic E-state index is -0.327. The highest BCUT2D eigenvalue weighted by Crippen LogP contribution is 2.33. The fraction of sp³-hybridized carbons (Fsp3) is 0.211. The van der Waals surface area contributed by atoms with Gasteiger partial charge in [-0.15, -0.1) is 11.3 Å². The first-order valence-electron chi connectivity index (χ1n) is 7.79. The van der Waals surface area contributed by atoms with Crippen LogP contribution in [0.15, 0.2) is 42.5 Å². The van der Waals surface area contributed by atoms with Crippen molar-refractivity contribution in [3.05, 3.63) is 64.5 Å². The number of thiophene rings is 1. The average Bonchev–Trinajstić information content (AvgIpc) is 2.94. The van der Waals surface area contributed by atoms with Gasteiger partial charge in [0.1, 0.15) is 24.0 Å². The third kappa shape index (κ3) is 3.64. The van der Waals surface area contributed by atoms with Crippen LogP contribution in [0.5, 0.6) is 5.75 Å². The molecule has 6 heteroatoms. The summed E-state index contributed by atoms with van der Waals surface area (Å²) in [5.74, 6) is -0.261. The number of benzene rings is 2. The fourth-order valence-corrected chi connectivity index (χ4v) is 3.78. The van der Waals surface area contributed by atoms with Crippen molar-refractivity contribution in [3.8, 4) is 5.75 Å².